The van der Waals surface area contributed by atoms with E-state index in [1.807, 2.05) is 0 Å². The molecule has 1 heterocycles. The van der Waals surface area contributed by atoms with Crippen molar-refractivity contribution in [3.05, 3.63) is 0 Å². The molecule has 3 heteroatoms. The van der Waals surface area contributed by atoms with Crippen LogP contribution in [0.15, 0.2) is 0 Å². The third-order valence-corrected chi connectivity index (χ3v) is 5.01. The molecular formula is C16H32N2O. The standard InChI is InChI=1S/C16H32N2O/c1-15-13-17-16(9-5-3-6-10-16)14-18(15)11-7-4-8-12-19-2/h15,17H,3-14H2,1-2H3. The lowest BCUT2D eigenvalue weighted by Crippen LogP contribution is -2.64. The Bertz CT molecular complexity index is 251. The molecule has 2 fully saturated rings. The van der Waals surface area contributed by atoms with Crippen LogP contribution >= 0.6 is 0 Å². The highest BCUT2D eigenvalue weighted by Crippen LogP contribution is 2.31. The number of hydrogen-bond donors (Lipinski definition) is 1. The summed E-state index contributed by atoms with van der Waals surface area (Å²) in [4.78, 5) is 2.73. The van der Waals surface area contributed by atoms with Gasteiger partial charge in [-0.15, -0.1) is 0 Å². The highest BCUT2D eigenvalue weighted by molar-refractivity contribution is 4.98. The summed E-state index contributed by atoms with van der Waals surface area (Å²) in [6, 6.07) is 0.704. The molecule has 112 valence electrons. The van der Waals surface area contributed by atoms with Crippen LogP contribution in [0.5, 0.6) is 0 Å². The van der Waals surface area contributed by atoms with E-state index >= 15 is 0 Å². The van der Waals surface area contributed by atoms with E-state index in [1.165, 1.54) is 71.0 Å². The zero-order valence-electron chi connectivity index (χ0n) is 12.9. The first-order valence-electron chi connectivity index (χ1n) is 8.24. The van der Waals surface area contributed by atoms with Gasteiger partial charge in [-0.1, -0.05) is 19.3 Å². The minimum absolute atomic E-state index is 0.456. The van der Waals surface area contributed by atoms with E-state index in [0.717, 1.165) is 6.61 Å². The zero-order valence-corrected chi connectivity index (χ0v) is 12.9. The third-order valence-electron chi connectivity index (χ3n) is 5.01. The van der Waals surface area contributed by atoms with Gasteiger partial charge < -0.3 is 10.1 Å². The molecule has 1 unspecified atom stereocenters. The Kier molecular flexibility index (Phi) is 6.11. The molecular weight excluding hydrogens is 236 g/mol. The van der Waals surface area contributed by atoms with Gasteiger partial charge >= 0.3 is 0 Å². The van der Waals surface area contributed by atoms with E-state index in [0.29, 0.717) is 11.6 Å². The summed E-state index contributed by atoms with van der Waals surface area (Å²) in [5.41, 5.74) is 0.456. The second kappa shape index (κ2) is 7.61. The third kappa shape index (κ3) is 4.44. The molecule has 19 heavy (non-hydrogen) atoms. The number of piperazine rings is 1. The van der Waals surface area contributed by atoms with Crippen molar-refractivity contribution in [3.63, 3.8) is 0 Å². The normalized spacial score (nSPS) is 27.8. The van der Waals surface area contributed by atoms with Crippen LogP contribution in [0, 0.1) is 0 Å². The maximum atomic E-state index is 5.12. The number of unbranched alkanes of at least 4 members (excludes halogenated alkanes) is 2. The fourth-order valence-corrected chi connectivity index (χ4v) is 3.69. The van der Waals surface area contributed by atoms with Crippen molar-refractivity contribution < 1.29 is 4.74 Å². The predicted molar refractivity (Wildman–Crippen MR) is 80.6 cm³/mol. The maximum Gasteiger partial charge on any atom is 0.0462 e. The summed E-state index contributed by atoms with van der Waals surface area (Å²) in [6.07, 6.45) is 10.9. The van der Waals surface area contributed by atoms with Crippen molar-refractivity contribution in [2.75, 3.05) is 33.4 Å². The second-order valence-electron chi connectivity index (χ2n) is 6.59. The smallest absolute Gasteiger partial charge is 0.0462 e. The van der Waals surface area contributed by atoms with E-state index in [2.05, 4.69) is 17.1 Å². The molecule has 1 saturated carbocycles. The van der Waals surface area contributed by atoms with Gasteiger partial charge in [-0.3, -0.25) is 4.90 Å². The van der Waals surface area contributed by atoms with Crippen molar-refractivity contribution in [1.29, 1.82) is 0 Å². The first-order valence-corrected chi connectivity index (χ1v) is 8.24. The molecule has 1 spiro atoms. The quantitative estimate of drug-likeness (QED) is 0.750. The van der Waals surface area contributed by atoms with Crippen molar-refractivity contribution in [2.24, 2.45) is 0 Å². The van der Waals surface area contributed by atoms with Crippen LogP contribution in [0.1, 0.15) is 58.3 Å². The average Bonchev–Trinajstić information content (AvgIpc) is 2.44. The van der Waals surface area contributed by atoms with Gasteiger partial charge in [0.1, 0.15) is 0 Å². The van der Waals surface area contributed by atoms with Crippen LogP contribution in [0.3, 0.4) is 0 Å². The summed E-state index contributed by atoms with van der Waals surface area (Å²) in [5, 5.41) is 3.86. The minimum atomic E-state index is 0.456. The van der Waals surface area contributed by atoms with Gasteiger partial charge in [0.05, 0.1) is 0 Å². The molecule has 1 N–H and O–H groups in total. The van der Waals surface area contributed by atoms with Crippen LogP contribution in [0.25, 0.3) is 0 Å². The van der Waals surface area contributed by atoms with Crippen molar-refractivity contribution in [2.45, 2.75) is 69.9 Å². The molecule has 1 saturated heterocycles. The topological polar surface area (TPSA) is 24.5 Å². The van der Waals surface area contributed by atoms with Crippen molar-refractivity contribution in [3.8, 4) is 0 Å². The van der Waals surface area contributed by atoms with Gasteiger partial charge in [0.15, 0.2) is 0 Å². The Morgan fingerprint density at radius 2 is 1.95 bits per heavy atom. The molecule has 0 aromatic carbocycles. The van der Waals surface area contributed by atoms with Crippen LogP contribution in [-0.4, -0.2) is 49.8 Å². The van der Waals surface area contributed by atoms with Crippen LogP contribution in [0.4, 0.5) is 0 Å². The molecule has 2 rings (SSSR count). The lowest BCUT2D eigenvalue weighted by atomic mass is 9.79. The molecule has 0 amide bonds. The van der Waals surface area contributed by atoms with E-state index in [-0.39, 0.29) is 0 Å². The fourth-order valence-electron chi connectivity index (χ4n) is 3.69. The average molecular weight is 268 g/mol. The van der Waals surface area contributed by atoms with Crippen LogP contribution < -0.4 is 5.32 Å². The zero-order chi connectivity index (χ0) is 13.6. The Balaban J connectivity index is 1.74. The molecule has 0 bridgehead atoms. The number of nitrogens with zero attached hydrogens (tertiary/aromatic N) is 1. The van der Waals surface area contributed by atoms with Gasteiger partial charge in [-0.25, -0.2) is 0 Å². The molecule has 0 aromatic heterocycles. The molecule has 2 aliphatic rings. The first-order chi connectivity index (χ1) is 9.26. The highest BCUT2D eigenvalue weighted by atomic mass is 16.5. The van der Waals surface area contributed by atoms with E-state index < -0.39 is 0 Å². The summed E-state index contributed by atoms with van der Waals surface area (Å²) >= 11 is 0. The predicted octanol–water partition coefficient (Wildman–Crippen LogP) is 2.80. The van der Waals surface area contributed by atoms with Gasteiger partial charge in [-0.05, 0) is 45.6 Å². The summed E-state index contributed by atoms with van der Waals surface area (Å²) in [5.74, 6) is 0. The highest BCUT2D eigenvalue weighted by Gasteiger charge is 2.38. The maximum absolute atomic E-state index is 5.12. The molecule has 1 aliphatic carbocycles. The number of methoxy groups -OCH3 is 1. The molecule has 3 nitrogen and oxygen atoms in total. The van der Waals surface area contributed by atoms with Crippen molar-refractivity contribution in [1.82, 2.24) is 10.2 Å². The fraction of sp³-hybridized carbons (Fsp3) is 1.00. The van der Waals surface area contributed by atoms with Gasteiger partial charge in [0, 0.05) is 38.4 Å². The van der Waals surface area contributed by atoms with E-state index in [9.17, 15) is 0 Å². The van der Waals surface area contributed by atoms with Gasteiger partial charge in [0.25, 0.3) is 0 Å². The molecule has 1 atom stereocenters. The molecule has 0 radical (unpaired) electrons. The van der Waals surface area contributed by atoms with Crippen LogP contribution in [-0.2, 0) is 4.74 Å². The van der Waals surface area contributed by atoms with E-state index in [1.54, 1.807) is 7.11 Å². The summed E-state index contributed by atoms with van der Waals surface area (Å²) < 4.78 is 5.12. The summed E-state index contributed by atoms with van der Waals surface area (Å²) in [6.45, 7) is 7.02. The Morgan fingerprint density at radius 3 is 2.68 bits per heavy atom. The number of rotatable bonds is 6. The Hall–Kier alpha value is -0.120. The van der Waals surface area contributed by atoms with Gasteiger partial charge in [-0.2, -0.15) is 0 Å². The lowest BCUT2D eigenvalue weighted by molar-refractivity contribution is 0.0611. The largest absolute Gasteiger partial charge is 0.385 e. The second-order valence-corrected chi connectivity index (χ2v) is 6.59. The minimum Gasteiger partial charge on any atom is -0.385 e. The van der Waals surface area contributed by atoms with E-state index in [4.69, 9.17) is 4.74 Å². The van der Waals surface area contributed by atoms with Crippen LogP contribution in [0.2, 0.25) is 0 Å². The lowest BCUT2D eigenvalue weighted by Gasteiger charge is -2.49. The molecule has 0 aromatic rings. The summed E-state index contributed by atoms with van der Waals surface area (Å²) in [7, 11) is 1.80. The first kappa shape index (κ1) is 15.3. The monoisotopic (exact) mass is 268 g/mol. The Morgan fingerprint density at radius 1 is 1.16 bits per heavy atom. The number of ether oxygens (including phenoxy) is 1. The van der Waals surface area contributed by atoms with Crippen molar-refractivity contribution >= 4 is 0 Å². The number of nitrogens with one attached hydrogen (secondary N) is 1. The Labute approximate surface area is 119 Å². The number of hydrogen-bond acceptors (Lipinski definition) is 3. The van der Waals surface area contributed by atoms with Gasteiger partial charge in [0.2, 0.25) is 0 Å². The molecule has 1 aliphatic heterocycles. The SMILES string of the molecule is COCCCCCN1CC2(CCCCC2)NCC1C.